The lowest BCUT2D eigenvalue weighted by atomic mass is 9.68. The lowest BCUT2D eigenvalue weighted by molar-refractivity contribution is -0.130. The molecular formula is C17H20N4O3. The summed E-state index contributed by atoms with van der Waals surface area (Å²) in [5, 5.41) is 6.71. The molecule has 126 valence electrons. The van der Waals surface area contributed by atoms with Gasteiger partial charge in [0.15, 0.2) is 0 Å². The Hall–Kier alpha value is -2.44. The predicted octanol–water partition coefficient (Wildman–Crippen LogP) is 2.09. The van der Waals surface area contributed by atoms with Crippen LogP contribution < -0.4 is 10.1 Å². The monoisotopic (exact) mass is 328 g/mol. The second-order valence-electron chi connectivity index (χ2n) is 6.58. The third-order valence-corrected chi connectivity index (χ3v) is 4.86. The summed E-state index contributed by atoms with van der Waals surface area (Å²) in [7, 11) is 1.63. The smallest absolute Gasteiger partial charge is 0.242 e. The molecule has 0 radical (unpaired) electrons. The molecule has 0 bridgehead atoms. The van der Waals surface area contributed by atoms with Crippen LogP contribution in [0.5, 0.6) is 5.88 Å². The predicted molar refractivity (Wildman–Crippen MR) is 85.3 cm³/mol. The number of pyridine rings is 1. The molecule has 1 N–H and O–H groups in total. The molecule has 2 aromatic heterocycles. The van der Waals surface area contributed by atoms with Crippen LogP contribution in [0.2, 0.25) is 0 Å². The molecule has 2 heterocycles. The van der Waals surface area contributed by atoms with Crippen LogP contribution in [-0.2, 0) is 10.2 Å². The van der Waals surface area contributed by atoms with Crippen LogP contribution in [0.25, 0.3) is 11.4 Å². The van der Waals surface area contributed by atoms with Gasteiger partial charge in [-0.1, -0.05) is 11.6 Å². The number of carbonyl (C=O) groups is 1. The van der Waals surface area contributed by atoms with Gasteiger partial charge in [0.1, 0.15) is 5.41 Å². The summed E-state index contributed by atoms with van der Waals surface area (Å²) in [6, 6.07) is 3.67. The fourth-order valence-electron chi connectivity index (χ4n) is 2.93. The van der Waals surface area contributed by atoms with E-state index in [-0.39, 0.29) is 5.91 Å². The standard InChI is InChI=1S/C17H20N4O3/c1-18-15(22)17(7-2-8-17)16-20-14(21-24-16)12-5-6-13(19-9-12)23-10-11-3-4-11/h5-6,9,11H,2-4,7-8,10H2,1H3,(H,18,22). The number of hydrogen-bond donors (Lipinski definition) is 1. The molecule has 24 heavy (non-hydrogen) atoms. The average molecular weight is 328 g/mol. The number of nitrogens with one attached hydrogen (secondary N) is 1. The molecule has 0 unspecified atom stereocenters. The molecule has 0 aliphatic heterocycles. The first kappa shape index (κ1) is 15.1. The van der Waals surface area contributed by atoms with Crippen molar-refractivity contribution >= 4 is 5.91 Å². The Morgan fingerprint density at radius 1 is 1.42 bits per heavy atom. The molecule has 0 aromatic carbocycles. The number of amides is 1. The first-order chi connectivity index (χ1) is 11.7. The maximum Gasteiger partial charge on any atom is 0.242 e. The molecule has 0 atom stereocenters. The lowest BCUT2D eigenvalue weighted by Crippen LogP contribution is -2.48. The Labute approximate surface area is 139 Å². The third kappa shape index (κ3) is 2.64. The van der Waals surface area contributed by atoms with Crippen molar-refractivity contribution in [2.45, 2.75) is 37.5 Å². The van der Waals surface area contributed by atoms with Crippen molar-refractivity contribution in [3.05, 3.63) is 24.2 Å². The number of nitrogens with zero attached hydrogens (tertiary/aromatic N) is 3. The maximum absolute atomic E-state index is 12.2. The minimum Gasteiger partial charge on any atom is -0.477 e. The molecule has 2 fully saturated rings. The summed E-state index contributed by atoms with van der Waals surface area (Å²) in [4.78, 5) is 20.9. The fraction of sp³-hybridized carbons (Fsp3) is 0.529. The van der Waals surface area contributed by atoms with Crippen LogP contribution in [0, 0.1) is 5.92 Å². The topological polar surface area (TPSA) is 90.1 Å². The summed E-state index contributed by atoms with van der Waals surface area (Å²) >= 11 is 0. The molecule has 0 spiro atoms. The molecule has 2 aliphatic rings. The van der Waals surface area contributed by atoms with Crippen molar-refractivity contribution in [1.29, 1.82) is 0 Å². The number of likely N-dealkylation sites (N-methyl/N-ethyl adjacent to an activating group) is 1. The largest absolute Gasteiger partial charge is 0.477 e. The van der Waals surface area contributed by atoms with E-state index < -0.39 is 5.41 Å². The van der Waals surface area contributed by atoms with Gasteiger partial charge in [-0.05, 0) is 37.7 Å². The molecule has 0 saturated heterocycles. The van der Waals surface area contributed by atoms with Gasteiger partial charge in [-0.15, -0.1) is 0 Å². The third-order valence-electron chi connectivity index (χ3n) is 4.86. The normalized spacial score (nSPS) is 18.7. The van der Waals surface area contributed by atoms with Crippen LogP contribution in [0.15, 0.2) is 22.9 Å². The number of ether oxygens (including phenoxy) is 1. The minimum absolute atomic E-state index is 0.0640. The molecule has 7 nitrogen and oxygen atoms in total. The molecule has 2 saturated carbocycles. The van der Waals surface area contributed by atoms with Crippen molar-refractivity contribution in [1.82, 2.24) is 20.4 Å². The molecule has 1 amide bonds. The van der Waals surface area contributed by atoms with Crippen LogP contribution in [-0.4, -0.2) is 34.7 Å². The van der Waals surface area contributed by atoms with Gasteiger partial charge in [-0.2, -0.15) is 4.98 Å². The highest BCUT2D eigenvalue weighted by Gasteiger charge is 2.50. The van der Waals surface area contributed by atoms with Gasteiger partial charge in [0.2, 0.25) is 23.5 Å². The van der Waals surface area contributed by atoms with E-state index in [4.69, 9.17) is 9.26 Å². The highest BCUT2D eigenvalue weighted by molar-refractivity contribution is 5.87. The van der Waals surface area contributed by atoms with Crippen molar-refractivity contribution < 1.29 is 14.1 Å². The Bertz CT molecular complexity index is 733. The molecule has 7 heteroatoms. The van der Waals surface area contributed by atoms with Crippen LogP contribution in [0.4, 0.5) is 0 Å². The zero-order chi connectivity index (χ0) is 16.6. The number of hydrogen-bond acceptors (Lipinski definition) is 6. The van der Waals surface area contributed by atoms with E-state index in [0.717, 1.165) is 31.4 Å². The van der Waals surface area contributed by atoms with Gasteiger partial charge in [0, 0.05) is 24.9 Å². The van der Waals surface area contributed by atoms with E-state index in [0.29, 0.717) is 23.5 Å². The number of aromatic nitrogens is 3. The zero-order valence-electron chi connectivity index (χ0n) is 13.6. The first-order valence-corrected chi connectivity index (χ1v) is 8.37. The summed E-state index contributed by atoms with van der Waals surface area (Å²) in [5.41, 5.74) is 0.0796. The van der Waals surface area contributed by atoms with E-state index in [1.54, 1.807) is 13.2 Å². The fourth-order valence-corrected chi connectivity index (χ4v) is 2.93. The van der Waals surface area contributed by atoms with Crippen molar-refractivity contribution in [3.63, 3.8) is 0 Å². The Kier molecular flexibility index (Phi) is 3.70. The first-order valence-electron chi connectivity index (χ1n) is 8.37. The number of rotatable bonds is 6. The summed E-state index contributed by atoms with van der Waals surface area (Å²) in [6.07, 6.45) is 6.62. The van der Waals surface area contributed by atoms with Gasteiger partial charge >= 0.3 is 0 Å². The Balaban J connectivity index is 1.50. The maximum atomic E-state index is 12.2. The minimum atomic E-state index is -0.666. The molecule has 2 aromatic rings. The van der Waals surface area contributed by atoms with Gasteiger partial charge in [-0.3, -0.25) is 4.79 Å². The van der Waals surface area contributed by atoms with Crippen molar-refractivity contribution in [3.8, 4) is 17.3 Å². The highest BCUT2D eigenvalue weighted by atomic mass is 16.5. The van der Waals surface area contributed by atoms with Gasteiger partial charge in [-0.25, -0.2) is 4.98 Å². The summed E-state index contributed by atoms with van der Waals surface area (Å²) in [5.74, 6) is 2.06. The quantitative estimate of drug-likeness (QED) is 0.873. The van der Waals surface area contributed by atoms with E-state index >= 15 is 0 Å². The van der Waals surface area contributed by atoms with Crippen LogP contribution in [0.3, 0.4) is 0 Å². The van der Waals surface area contributed by atoms with Crippen LogP contribution >= 0.6 is 0 Å². The molecule has 2 aliphatic carbocycles. The SMILES string of the molecule is CNC(=O)C1(c2nc(-c3ccc(OCC4CC4)nc3)no2)CCC1. The van der Waals surface area contributed by atoms with Crippen molar-refractivity contribution in [2.24, 2.45) is 5.92 Å². The summed E-state index contributed by atoms with van der Waals surface area (Å²) < 4.78 is 11.0. The van der Waals surface area contributed by atoms with Gasteiger partial charge in [0.25, 0.3) is 0 Å². The lowest BCUT2D eigenvalue weighted by Gasteiger charge is -2.35. The summed E-state index contributed by atoms with van der Waals surface area (Å²) in [6.45, 7) is 0.730. The van der Waals surface area contributed by atoms with Crippen LogP contribution in [0.1, 0.15) is 38.0 Å². The number of carbonyl (C=O) groups excluding carboxylic acids is 1. The molecular weight excluding hydrogens is 308 g/mol. The van der Waals surface area contributed by atoms with Gasteiger partial charge in [0.05, 0.1) is 6.61 Å². The second kappa shape index (κ2) is 5.89. The average Bonchev–Trinajstić information content (AvgIpc) is 3.28. The second-order valence-corrected chi connectivity index (χ2v) is 6.58. The van der Waals surface area contributed by atoms with E-state index in [9.17, 15) is 4.79 Å². The van der Waals surface area contributed by atoms with Crippen molar-refractivity contribution in [2.75, 3.05) is 13.7 Å². The van der Waals surface area contributed by atoms with E-state index in [1.807, 2.05) is 12.1 Å². The zero-order valence-corrected chi connectivity index (χ0v) is 13.6. The van der Waals surface area contributed by atoms with E-state index in [2.05, 4.69) is 20.4 Å². The van der Waals surface area contributed by atoms with E-state index in [1.165, 1.54) is 12.8 Å². The van der Waals surface area contributed by atoms with Gasteiger partial charge < -0.3 is 14.6 Å². The Morgan fingerprint density at radius 2 is 2.25 bits per heavy atom. The Morgan fingerprint density at radius 3 is 2.83 bits per heavy atom. The highest BCUT2D eigenvalue weighted by Crippen LogP contribution is 2.43. The molecule has 4 rings (SSSR count).